The lowest BCUT2D eigenvalue weighted by Crippen LogP contribution is -2.56. The number of halogens is 1. The lowest BCUT2D eigenvalue weighted by atomic mass is 9.80. The number of hydrogen-bond donors (Lipinski definition) is 0. The quantitative estimate of drug-likeness (QED) is 0.684. The van der Waals surface area contributed by atoms with Gasteiger partial charge in [0.15, 0.2) is 0 Å². The van der Waals surface area contributed by atoms with Crippen LogP contribution < -0.4 is 9.80 Å². The highest BCUT2D eigenvalue weighted by molar-refractivity contribution is 8.02. The maximum absolute atomic E-state index is 14.1. The van der Waals surface area contributed by atoms with Crippen molar-refractivity contribution in [3.8, 4) is 0 Å². The molecule has 2 amide bonds. The molecule has 29 heavy (non-hydrogen) atoms. The van der Waals surface area contributed by atoms with Crippen LogP contribution in [0.25, 0.3) is 0 Å². The molecule has 3 aliphatic heterocycles. The Labute approximate surface area is 174 Å². The number of hydrogen-bond acceptors (Lipinski definition) is 3. The number of anilines is 2. The highest BCUT2D eigenvalue weighted by Crippen LogP contribution is 2.61. The van der Waals surface area contributed by atoms with Gasteiger partial charge in [0, 0.05) is 16.8 Å². The number of carbonyl (C=O) groups excluding carboxylic acids is 2. The number of rotatable bonds is 1. The predicted molar refractivity (Wildman–Crippen MR) is 114 cm³/mol. The molecule has 0 bridgehead atoms. The van der Waals surface area contributed by atoms with Crippen LogP contribution in [-0.4, -0.2) is 23.1 Å². The summed E-state index contributed by atoms with van der Waals surface area (Å²) >= 11 is 1.38. The van der Waals surface area contributed by atoms with E-state index < -0.39 is 4.87 Å². The van der Waals surface area contributed by atoms with E-state index in [4.69, 9.17) is 0 Å². The van der Waals surface area contributed by atoms with Crippen molar-refractivity contribution in [2.24, 2.45) is 0 Å². The lowest BCUT2D eigenvalue weighted by Gasteiger charge is -2.44. The SMILES string of the molecule is Cc1cc2c3c(c1)[C@@]1(SCC(=O)N1c1ccc(F)cc1)C(=O)N3C(C)(C)C[C@@H]2C. The maximum atomic E-state index is 14.1. The third kappa shape index (κ3) is 2.32. The van der Waals surface area contributed by atoms with Crippen LogP contribution in [0, 0.1) is 12.7 Å². The van der Waals surface area contributed by atoms with E-state index >= 15 is 0 Å². The Morgan fingerprint density at radius 2 is 1.79 bits per heavy atom. The molecule has 2 aromatic carbocycles. The average Bonchev–Trinajstić information content (AvgIpc) is 3.11. The minimum absolute atomic E-state index is 0.0728. The van der Waals surface area contributed by atoms with Crippen LogP contribution in [0.4, 0.5) is 15.8 Å². The first-order chi connectivity index (χ1) is 13.7. The smallest absolute Gasteiger partial charge is 0.269 e. The van der Waals surface area contributed by atoms with Crippen molar-refractivity contribution >= 4 is 35.0 Å². The van der Waals surface area contributed by atoms with Gasteiger partial charge in [0.2, 0.25) is 10.8 Å². The van der Waals surface area contributed by atoms with E-state index in [0.29, 0.717) is 11.6 Å². The summed E-state index contributed by atoms with van der Waals surface area (Å²) in [7, 11) is 0. The summed E-state index contributed by atoms with van der Waals surface area (Å²) in [5.74, 6) is -0.0326. The number of carbonyl (C=O) groups is 2. The molecular formula is C23H23FN2O2S. The Balaban J connectivity index is 1.81. The molecule has 2 aromatic rings. The Morgan fingerprint density at radius 3 is 2.48 bits per heavy atom. The van der Waals surface area contributed by atoms with E-state index in [-0.39, 0.29) is 28.9 Å². The zero-order chi connectivity index (χ0) is 20.7. The van der Waals surface area contributed by atoms with Crippen LogP contribution in [0.5, 0.6) is 0 Å². The fourth-order valence-electron chi connectivity index (χ4n) is 5.33. The van der Waals surface area contributed by atoms with Crippen molar-refractivity contribution in [3.05, 3.63) is 58.9 Å². The van der Waals surface area contributed by atoms with Gasteiger partial charge in [0.1, 0.15) is 5.82 Å². The Hall–Kier alpha value is -2.34. The van der Waals surface area contributed by atoms with Gasteiger partial charge in [-0.2, -0.15) is 0 Å². The van der Waals surface area contributed by atoms with Gasteiger partial charge >= 0.3 is 0 Å². The van der Waals surface area contributed by atoms with Gasteiger partial charge in [-0.1, -0.05) is 24.6 Å². The van der Waals surface area contributed by atoms with Crippen molar-refractivity contribution in [1.82, 2.24) is 0 Å². The van der Waals surface area contributed by atoms with Crippen molar-refractivity contribution in [3.63, 3.8) is 0 Å². The van der Waals surface area contributed by atoms with Gasteiger partial charge in [-0.15, -0.1) is 11.8 Å². The zero-order valence-electron chi connectivity index (χ0n) is 17.0. The first-order valence-electron chi connectivity index (χ1n) is 9.89. The van der Waals surface area contributed by atoms with Gasteiger partial charge in [-0.05, 0) is 62.9 Å². The molecule has 0 unspecified atom stereocenters. The minimum Gasteiger partial charge on any atom is -0.303 e. The summed E-state index contributed by atoms with van der Waals surface area (Å²) < 4.78 is 13.5. The van der Waals surface area contributed by atoms with Crippen LogP contribution >= 0.6 is 11.8 Å². The predicted octanol–water partition coefficient (Wildman–Crippen LogP) is 4.70. The van der Waals surface area contributed by atoms with E-state index in [2.05, 4.69) is 26.8 Å². The average molecular weight is 411 g/mol. The number of amides is 2. The largest absolute Gasteiger partial charge is 0.303 e. The second-order valence-corrected chi connectivity index (χ2v) is 10.1. The summed E-state index contributed by atoms with van der Waals surface area (Å²) in [6.45, 7) is 8.43. The van der Waals surface area contributed by atoms with Gasteiger partial charge in [0.25, 0.3) is 5.91 Å². The highest BCUT2D eigenvalue weighted by Gasteiger charge is 2.64. The molecule has 3 aliphatic rings. The van der Waals surface area contributed by atoms with Crippen LogP contribution in [-0.2, 0) is 14.5 Å². The third-order valence-electron chi connectivity index (χ3n) is 6.36. The van der Waals surface area contributed by atoms with E-state index in [9.17, 15) is 14.0 Å². The summed E-state index contributed by atoms with van der Waals surface area (Å²) in [6, 6.07) is 10.1. The number of nitrogens with zero attached hydrogens (tertiary/aromatic N) is 2. The molecule has 4 nitrogen and oxygen atoms in total. The van der Waals surface area contributed by atoms with Gasteiger partial charge in [0.05, 0.1) is 11.4 Å². The highest BCUT2D eigenvalue weighted by atomic mass is 32.2. The van der Waals surface area contributed by atoms with E-state index in [1.165, 1.54) is 29.5 Å². The summed E-state index contributed by atoms with van der Waals surface area (Å²) in [5, 5.41) is 0. The molecule has 0 saturated carbocycles. The van der Waals surface area contributed by atoms with Crippen LogP contribution in [0.15, 0.2) is 36.4 Å². The number of benzene rings is 2. The van der Waals surface area contributed by atoms with Gasteiger partial charge in [-0.25, -0.2) is 4.39 Å². The monoisotopic (exact) mass is 410 g/mol. The number of thioether (sulfide) groups is 1. The first kappa shape index (κ1) is 18.7. The molecule has 3 heterocycles. The lowest BCUT2D eigenvalue weighted by molar-refractivity contribution is -0.124. The van der Waals surface area contributed by atoms with Crippen LogP contribution in [0.3, 0.4) is 0 Å². The molecule has 0 N–H and O–H groups in total. The van der Waals surface area contributed by atoms with Crippen molar-refractivity contribution in [2.75, 3.05) is 15.6 Å². The second kappa shape index (κ2) is 5.85. The molecule has 1 spiro atoms. The zero-order valence-corrected chi connectivity index (χ0v) is 17.8. The fraction of sp³-hybridized carbons (Fsp3) is 0.391. The van der Waals surface area contributed by atoms with Gasteiger partial charge in [-0.3, -0.25) is 14.5 Å². The number of aryl methyl sites for hydroxylation is 1. The van der Waals surface area contributed by atoms with E-state index in [1.54, 1.807) is 17.0 Å². The first-order valence-corrected chi connectivity index (χ1v) is 10.9. The molecule has 0 aliphatic carbocycles. The molecule has 1 fully saturated rings. The van der Waals surface area contributed by atoms with Crippen molar-refractivity contribution in [2.45, 2.75) is 50.4 Å². The van der Waals surface area contributed by atoms with Crippen molar-refractivity contribution in [1.29, 1.82) is 0 Å². The molecule has 6 heteroatoms. The maximum Gasteiger partial charge on any atom is 0.269 e. The molecule has 0 radical (unpaired) electrons. The summed E-state index contributed by atoms with van der Waals surface area (Å²) in [4.78, 5) is 29.5. The van der Waals surface area contributed by atoms with Crippen LogP contribution in [0.1, 0.15) is 49.8 Å². The van der Waals surface area contributed by atoms with Gasteiger partial charge < -0.3 is 4.90 Å². The standard InChI is InChI=1S/C23H23FN2O2S/c1-13-9-17-14(2)11-22(3,4)26-20(17)18(10-13)23(21(26)28)25(19(27)12-29-23)16-7-5-15(24)6-8-16/h5-10,14H,11-12H2,1-4H3/t14-,23+/m0/s1. The molecule has 5 rings (SSSR count). The minimum atomic E-state index is -1.13. The van der Waals surface area contributed by atoms with Crippen molar-refractivity contribution < 1.29 is 14.0 Å². The Kier molecular flexibility index (Phi) is 3.77. The molecule has 150 valence electrons. The Morgan fingerprint density at radius 1 is 1.10 bits per heavy atom. The molecule has 2 atom stereocenters. The topological polar surface area (TPSA) is 40.6 Å². The Bertz CT molecular complexity index is 1070. The van der Waals surface area contributed by atoms with Crippen LogP contribution in [0.2, 0.25) is 0 Å². The summed E-state index contributed by atoms with van der Waals surface area (Å²) in [5.41, 5.74) is 4.30. The van der Waals surface area contributed by atoms with E-state index in [0.717, 1.165) is 23.2 Å². The summed E-state index contributed by atoms with van der Waals surface area (Å²) in [6.07, 6.45) is 0.861. The molecule has 1 saturated heterocycles. The second-order valence-electron chi connectivity index (χ2n) is 8.95. The van der Waals surface area contributed by atoms with E-state index in [1.807, 2.05) is 17.9 Å². The normalized spacial score (nSPS) is 27.1. The molecular weight excluding hydrogens is 387 g/mol. The fourth-order valence-corrected chi connectivity index (χ4v) is 6.65. The third-order valence-corrected chi connectivity index (χ3v) is 7.75. The molecule has 0 aromatic heterocycles. The number of fused-ring (bicyclic) bond motifs is 1.